The molecule has 1 fully saturated rings. The van der Waals surface area contributed by atoms with Gasteiger partial charge in [0.1, 0.15) is 5.41 Å². The Morgan fingerprint density at radius 3 is 1.88 bits per heavy atom. The first-order valence-corrected chi connectivity index (χ1v) is 8.79. The van der Waals surface area contributed by atoms with Crippen LogP contribution >= 0.6 is 0 Å². The lowest BCUT2D eigenvalue weighted by Crippen LogP contribution is -2.33. The summed E-state index contributed by atoms with van der Waals surface area (Å²) in [5, 5.41) is 9.98. The van der Waals surface area contributed by atoms with E-state index in [-0.39, 0.29) is 0 Å². The first-order chi connectivity index (χ1) is 11.9. The van der Waals surface area contributed by atoms with Gasteiger partial charge in [0.15, 0.2) is 0 Å². The van der Waals surface area contributed by atoms with Crippen LogP contribution in [0.25, 0.3) is 0 Å². The fraction of sp³-hybridized carbons (Fsp3) is 0.381. The highest BCUT2D eigenvalue weighted by Crippen LogP contribution is 2.34. The third kappa shape index (κ3) is 3.21. The van der Waals surface area contributed by atoms with Gasteiger partial charge in [-0.3, -0.25) is 4.79 Å². The molecule has 2 aromatic carbocycles. The molecule has 3 rings (SSSR count). The number of carboxylic acid groups (broad SMARTS) is 1. The van der Waals surface area contributed by atoms with Gasteiger partial charge in [0.2, 0.25) is 0 Å². The molecule has 0 spiro atoms. The molecule has 4 nitrogen and oxygen atoms in total. The van der Waals surface area contributed by atoms with Gasteiger partial charge in [-0.15, -0.1) is 0 Å². The van der Waals surface area contributed by atoms with Crippen LogP contribution in [0.2, 0.25) is 0 Å². The maximum absolute atomic E-state index is 12.2. The minimum Gasteiger partial charge on any atom is -0.480 e. The van der Waals surface area contributed by atoms with Crippen LogP contribution < -0.4 is 9.80 Å². The van der Waals surface area contributed by atoms with Crippen molar-refractivity contribution in [1.82, 2.24) is 0 Å². The molecule has 132 valence electrons. The van der Waals surface area contributed by atoms with Crippen molar-refractivity contribution in [3.8, 4) is 0 Å². The summed E-state index contributed by atoms with van der Waals surface area (Å²) < 4.78 is 0. The molecule has 1 N–H and O–H groups in total. The Kier molecular flexibility index (Phi) is 4.71. The number of hydrogen-bond donors (Lipinski definition) is 1. The van der Waals surface area contributed by atoms with Crippen LogP contribution in [0.4, 0.5) is 11.4 Å². The first kappa shape index (κ1) is 17.3. The van der Waals surface area contributed by atoms with Crippen LogP contribution in [0.3, 0.4) is 0 Å². The average Bonchev–Trinajstić information content (AvgIpc) is 3.15. The lowest BCUT2D eigenvalue weighted by molar-refractivity contribution is -0.141. The molecule has 1 atom stereocenters. The van der Waals surface area contributed by atoms with E-state index in [9.17, 15) is 9.90 Å². The third-order valence-electron chi connectivity index (χ3n) is 5.30. The van der Waals surface area contributed by atoms with Crippen molar-refractivity contribution < 1.29 is 9.90 Å². The van der Waals surface area contributed by atoms with Crippen molar-refractivity contribution in [2.45, 2.75) is 25.2 Å². The molecule has 2 aromatic rings. The van der Waals surface area contributed by atoms with E-state index >= 15 is 0 Å². The quantitative estimate of drug-likeness (QED) is 0.902. The Bertz CT molecular complexity index is 731. The third-order valence-corrected chi connectivity index (χ3v) is 5.30. The minimum atomic E-state index is -1.06. The van der Waals surface area contributed by atoms with Crippen LogP contribution in [-0.2, 0) is 10.2 Å². The lowest BCUT2D eigenvalue weighted by Gasteiger charge is -2.27. The Morgan fingerprint density at radius 2 is 1.44 bits per heavy atom. The molecule has 0 aliphatic carbocycles. The van der Waals surface area contributed by atoms with Gasteiger partial charge in [-0.25, -0.2) is 0 Å². The van der Waals surface area contributed by atoms with E-state index in [1.54, 1.807) is 6.92 Å². The second-order valence-corrected chi connectivity index (χ2v) is 7.11. The topological polar surface area (TPSA) is 43.8 Å². The number of carboxylic acids is 1. The van der Waals surface area contributed by atoms with Crippen LogP contribution in [-0.4, -0.2) is 38.3 Å². The summed E-state index contributed by atoms with van der Waals surface area (Å²) in [5.41, 5.74) is 2.77. The molecule has 0 bridgehead atoms. The number of aliphatic carboxylic acids is 1. The SMILES string of the molecule is CN(C)c1ccc(C(C)(C(=O)O)c2ccc(N3CCCC3)cc2)cc1. The van der Waals surface area contributed by atoms with Gasteiger partial charge in [0.25, 0.3) is 0 Å². The van der Waals surface area contributed by atoms with E-state index in [4.69, 9.17) is 0 Å². The highest BCUT2D eigenvalue weighted by atomic mass is 16.4. The Labute approximate surface area is 149 Å². The molecule has 0 radical (unpaired) electrons. The summed E-state index contributed by atoms with van der Waals surface area (Å²) in [4.78, 5) is 16.5. The van der Waals surface area contributed by atoms with Crippen molar-refractivity contribution in [3.05, 3.63) is 59.7 Å². The number of carbonyl (C=O) groups is 1. The fourth-order valence-corrected chi connectivity index (χ4v) is 3.49. The molecule has 0 aromatic heterocycles. The summed E-state index contributed by atoms with van der Waals surface area (Å²) in [7, 11) is 3.95. The molecule has 1 saturated heterocycles. The monoisotopic (exact) mass is 338 g/mol. The van der Waals surface area contributed by atoms with Crippen LogP contribution in [0.5, 0.6) is 0 Å². The molecule has 1 unspecified atom stereocenters. The van der Waals surface area contributed by atoms with Crippen molar-refractivity contribution in [2.24, 2.45) is 0 Å². The number of anilines is 2. The smallest absolute Gasteiger partial charge is 0.318 e. The van der Waals surface area contributed by atoms with Crippen molar-refractivity contribution in [1.29, 1.82) is 0 Å². The zero-order valence-electron chi connectivity index (χ0n) is 15.2. The predicted octanol–water partition coefficient (Wildman–Crippen LogP) is 3.74. The van der Waals surface area contributed by atoms with E-state index in [1.807, 2.05) is 55.4 Å². The van der Waals surface area contributed by atoms with Gasteiger partial charge >= 0.3 is 5.97 Å². The standard InChI is InChI=1S/C21H26N2O2/c1-21(20(24)25,16-6-10-18(11-7-16)22(2)3)17-8-12-19(13-9-17)23-14-4-5-15-23/h6-13H,4-5,14-15H2,1-3H3,(H,24,25). The van der Waals surface area contributed by atoms with Gasteiger partial charge in [-0.05, 0) is 55.2 Å². The minimum absolute atomic E-state index is 0.791. The summed E-state index contributed by atoms with van der Waals surface area (Å²) in [5.74, 6) is -0.834. The Balaban J connectivity index is 1.95. The van der Waals surface area contributed by atoms with E-state index in [0.717, 1.165) is 29.9 Å². The molecular formula is C21H26N2O2. The van der Waals surface area contributed by atoms with E-state index in [1.165, 1.54) is 18.5 Å². The largest absolute Gasteiger partial charge is 0.480 e. The van der Waals surface area contributed by atoms with Crippen LogP contribution in [0, 0.1) is 0 Å². The van der Waals surface area contributed by atoms with Gasteiger partial charge in [-0.2, -0.15) is 0 Å². The normalized spacial score (nSPS) is 16.5. The second kappa shape index (κ2) is 6.79. The molecule has 1 aliphatic heterocycles. The van der Waals surface area contributed by atoms with Gasteiger partial charge in [0, 0.05) is 38.6 Å². The lowest BCUT2D eigenvalue weighted by atomic mass is 9.76. The maximum Gasteiger partial charge on any atom is 0.318 e. The molecule has 1 aliphatic rings. The Morgan fingerprint density at radius 1 is 0.960 bits per heavy atom. The number of benzene rings is 2. The average molecular weight is 338 g/mol. The number of rotatable bonds is 5. The summed E-state index contributed by atoms with van der Waals surface area (Å²) in [6.07, 6.45) is 2.46. The number of hydrogen-bond acceptors (Lipinski definition) is 3. The molecule has 25 heavy (non-hydrogen) atoms. The molecular weight excluding hydrogens is 312 g/mol. The van der Waals surface area contributed by atoms with Gasteiger partial charge in [0.05, 0.1) is 0 Å². The zero-order valence-corrected chi connectivity index (χ0v) is 15.2. The van der Waals surface area contributed by atoms with Crippen molar-refractivity contribution in [2.75, 3.05) is 37.0 Å². The molecule has 0 amide bonds. The van der Waals surface area contributed by atoms with E-state index in [0.29, 0.717) is 0 Å². The molecule has 0 saturated carbocycles. The van der Waals surface area contributed by atoms with E-state index in [2.05, 4.69) is 17.0 Å². The van der Waals surface area contributed by atoms with Crippen molar-refractivity contribution >= 4 is 17.3 Å². The fourth-order valence-electron chi connectivity index (χ4n) is 3.49. The summed E-state index contributed by atoms with van der Waals surface area (Å²) >= 11 is 0. The first-order valence-electron chi connectivity index (χ1n) is 8.79. The highest BCUT2D eigenvalue weighted by Gasteiger charge is 2.37. The van der Waals surface area contributed by atoms with Crippen LogP contribution in [0.15, 0.2) is 48.5 Å². The highest BCUT2D eigenvalue weighted by molar-refractivity contribution is 5.86. The summed E-state index contributed by atoms with van der Waals surface area (Å²) in [6.45, 7) is 3.95. The maximum atomic E-state index is 12.2. The molecule has 1 heterocycles. The predicted molar refractivity (Wildman–Crippen MR) is 103 cm³/mol. The molecule has 4 heteroatoms. The van der Waals surface area contributed by atoms with Gasteiger partial charge < -0.3 is 14.9 Å². The zero-order chi connectivity index (χ0) is 18.0. The number of nitrogens with zero attached hydrogens (tertiary/aromatic N) is 2. The van der Waals surface area contributed by atoms with Gasteiger partial charge in [-0.1, -0.05) is 24.3 Å². The van der Waals surface area contributed by atoms with Crippen LogP contribution in [0.1, 0.15) is 30.9 Å². The van der Waals surface area contributed by atoms with E-state index < -0.39 is 11.4 Å². The second-order valence-electron chi connectivity index (χ2n) is 7.11. The van der Waals surface area contributed by atoms with Crippen molar-refractivity contribution in [3.63, 3.8) is 0 Å². The Hall–Kier alpha value is -2.49. The summed E-state index contributed by atoms with van der Waals surface area (Å²) in [6, 6.07) is 15.8.